The summed E-state index contributed by atoms with van der Waals surface area (Å²) in [5.41, 5.74) is 1.30. The SMILES string of the molecule is CCNC(=NCc1ccsc1)NCC(C)(C)N1CC(C)OC(C)C1. The first kappa shape index (κ1) is 19.2. The van der Waals surface area contributed by atoms with Crippen molar-refractivity contribution in [3.05, 3.63) is 22.4 Å². The van der Waals surface area contributed by atoms with Crippen LogP contribution in [-0.4, -0.2) is 54.8 Å². The molecule has 1 fully saturated rings. The summed E-state index contributed by atoms with van der Waals surface area (Å²) in [6, 6.07) is 2.12. The Balaban J connectivity index is 1.92. The molecule has 0 radical (unpaired) electrons. The number of aliphatic imine (C=N–C) groups is 1. The van der Waals surface area contributed by atoms with E-state index in [9.17, 15) is 0 Å². The lowest BCUT2D eigenvalue weighted by atomic mass is 10.00. The third-order valence-electron chi connectivity index (χ3n) is 4.31. The first-order chi connectivity index (χ1) is 11.4. The van der Waals surface area contributed by atoms with Crippen molar-refractivity contribution >= 4 is 17.3 Å². The topological polar surface area (TPSA) is 48.9 Å². The van der Waals surface area contributed by atoms with Gasteiger partial charge in [0.2, 0.25) is 0 Å². The summed E-state index contributed by atoms with van der Waals surface area (Å²) in [6.45, 7) is 15.3. The van der Waals surface area contributed by atoms with Gasteiger partial charge in [0.15, 0.2) is 5.96 Å². The zero-order valence-electron chi connectivity index (χ0n) is 15.6. The van der Waals surface area contributed by atoms with E-state index in [0.717, 1.165) is 32.1 Å². The predicted octanol–water partition coefficient (Wildman–Crippen LogP) is 2.69. The van der Waals surface area contributed by atoms with Gasteiger partial charge >= 0.3 is 0 Å². The van der Waals surface area contributed by atoms with Crippen LogP contribution in [0.15, 0.2) is 21.8 Å². The number of nitrogens with zero attached hydrogens (tertiary/aromatic N) is 2. The van der Waals surface area contributed by atoms with E-state index in [4.69, 9.17) is 9.73 Å². The van der Waals surface area contributed by atoms with Crippen molar-refractivity contribution in [1.82, 2.24) is 15.5 Å². The maximum atomic E-state index is 5.86. The molecule has 2 atom stereocenters. The number of hydrogen-bond acceptors (Lipinski definition) is 4. The van der Waals surface area contributed by atoms with Crippen LogP contribution in [0.5, 0.6) is 0 Å². The molecule has 24 heavy (non-hydrogen) atoms. The zero-order valence-corrected chi connectivity index (χ0v) is 16.4. The molecule has 0 aliphatic carbocycles. The fourth-order valence-electron chi connectivity index (χ4n) is 2.98. The number of hydrogen-bond donors (Lipinski definition) is 2. The Labute approximate surface area is 150 Å². The average Bonchev–Trinajstić information content (AvgIpc) is 3.02. The largest absolute Gasteiger partial charge is 0.373 e. The minimum absolute atomic E-state index is 0.0465. The van der Waals surface area contributed by atoms with Gasteiger partial charge in [-0.25, -0.2) is 4.99 Å². The van der Waals surface area contributed by atoms with E-state index >= 15 is 0 Å². The van der Waals surface area contributed by atoms with E-state index in [1.807, 2.05) is 0 Å². The van der Waals surface area contributed by atoms with Crippen molar-refractivity contribution in [2.24, 2.45) is 4.99 Å². The highest BCUT2D eigenvalue weighted by Gasteiger charge is 2.33. The number of thiophene rings is 1. The Morgan fingerprint density at radius 1 is 1.33 bits per heavy atom. The van der Waals surface area contributed by atoms with Crippen LogP contribution >= 0.6 is 11.3 Å². The molecule has 2 rings (SSSR count). The summed E-state index contributed by atoms with van der Waals surface area (Å²) in [5, 5.41) is 11.1. The van der Waals surface area contributed by atoms with Gasteiger partial charge in [0.1, 0.15) is 0 Å². The Bertz CT molecular complexity index is 505. The van der Waals surface area contributed by atoms with Gasteiger partial charge in [-0.05, 0) is 57.0 Å². The van der Waals surface area contributed by atoms with E-state index in [0.29, 0.717) is 6.54 Å². The third-order valence-corrected chi connectivity index (χ3v) is 5.04. The minimum atomic E-state index is 0.0465. The second-order valence-electron chi connectivity index (χ2n) is 7.16. The molecule has 1 aliphatic rings. The fourth-order valence-corrected chi connectivity index (χ4v) is 3.64. The normalized spacial score (nSPS) is 23.3. The van der Waals surface area contributed by atoms with Crippen LogP contribution in [0.2, 0.25) is 0 Å². The van der Waals surface area contributed by atoms with Gasteiger partial charge in [-0.1, -0.05) is 0 Å². The quantitative estimate of drug-likeness (QED) is 0.610. The molecule has 0 spiro atoms. The van der Waals surface area contributed by atoms with Gasteiger partial charge in [0.25, 0.3) is 0 Å². The van der Waals surface area contributed by atoms with Crippen molar-refractivity contribution < 1.29 is 4.74 Å². The van der Waals surface area contributed by atoms with Crippen LogP contribution in [0.25, 0.3) is 0 Å². The van der Waals surface area contributed by atoms with Crippen molar-refractivity contribution in [2.45, 2.75) is 58.9 Å². The second kappa shape index (κ2) is 8.83. The smallest absolute Gasteiger partial charge is 0.191 e. The Kier molecular flexibility index (Phi) is 7.07. The lowest BCUT2D eigenvalue weighted by molar-refractivity contribution is -0.0946. The number of morpholine rings is 1. The van der Waals surface area contributed by atoms with Gasteiger partial charge in [-0.15, -0.1) is 0 Å². The highest BCUT2D eigenvalue weighted by Crippen LogP contribution is 2.20. The van der Waals surface area contributed by atoms with Crippen LogP contribution in [0.1, 0.15) is 40.2 Å². The molecule has 5 nitrogen and oxygen atoms in total. The summed E-state index contributed by atoms with van der Waals surface area (Å²) in [4.78, 5) is 7.21. The summed E-state index contributed by atoms with van der Waals surface area (Å²) in [5.74, 6) is 0.881. The third kappa shape index (κ3) is 5.76. The molecule has 2 unspecified atom stereocenters. The molecule has 0 amide bonds. The maximum absolute atomic E-state index is 5.86. The highest BCUT2D eigenvalue weighted by molar-refractivity contribution is 7.07. The summed E-state index contributed by atoms with van der Waals surface area (Å²) in [7, 11) is 0. The van der Waals surface area contributed by atoms with Crippen LogP contribution in [0.3, 0.4) is 0 Å². The second-order valence-corrected chi connectivity index (χ2v) is 7.94. The van der Waals surface area contributed by atoms with E-state index in [-0.39, 0.29) is 17.7 Å². The molecule has 2 heterocycles. The van der Waals surface area contributed by atoms with Crippen molar-refractivity contribution in [2.75, 3.05) is 26.2 Å². The molecule has 2 N–H and O–H groups in total. The number of rotatable bonds is 6. The van der Waals surface area contributed by atoms with Crippen LogP contribution in [0.4, 0.5) is 0 Å². The molecule has 136 valence electrons. The molecule has 1 aromatic heterocycles. The highest BCUT2D eigenvalue weighted by atomic mass is 32.1. The minimum Gasteiger partial charge on any atom is -0.373 e. The Morgan fingerprint density at radius 2 is 2.04 bits per heavy atom. The van der Waals surface area contributed by atoms with Crippen LogP contribution < -0.4 is 10.6 Å². The van der Waals surface area contributed by atoms with Gasteiger partial charge in [-0.3, -0.25) is 4.90 Å². The van der Waals surface area contributed by atoms with E-state index < -0.39 is 0 Å². The molecule has 0 bridgehead atoms. The lowest BCUT2D eigenvalue weighted by Crippen LogP contribution is -2.59. The number of guanidine groups is 1. The predicted molar refractivity (Wildman–Crippen MR) is 103 cm³/mol. The van der Waals surface area contributed by atoms with Gasteiger partial charge < -0.3 is 15.4 Å². The summed E-state index contributed by atoms with van der Waals surface area (Å²) >= 11 is 1.71. The van der Waals surface area contributed by atoms with E-state index in [1.165, 1.54) is 5.56 Å². The van der Waals surface area contributed by atoms with Gasteiger partial charge in [-0.2, -0.15) is 11.3 Å². The molecule has 0 saturated carbocycles. The summed E-state index contributed by atoms with van der Waals surface area (Å²) < 4.78 is 5.86. The zero-order chi connectivity index (χ0) is 17.6. The Morgan fingerprint density at radius 3 is 2.62 bits per heavy atom. The molecular weight excluding hydrogens is 320 g/mol. The van der Waals surface area contributed by atoms with Crippen molar-refractivity contribution in [3.63, 3.8) is 0 Å². The molecule has 1 saturated heterocycles. The molecule has 0 aromatic carbocycles. The number of nitrogens with one attached hydrogen (secondary N) is 2. The van der Waals surface area contributed by atoms with Crippen LogP contribution in [0, 0.1) is 0 Å². The van der Waals surface area contributed by atoms with E-state index in [1.54, 1.807) is 11.3 Å². The molecule has 6 heteroatoms. The standard InChI is InChI=1S/C18H32N4OS/c1-6-19-17(20-9-16-7-8-24-12-16)21-13-18(4,5)22-10-14(2)23-15(3)11-22/h7-8,12,14-15H,6,9-11,13H2,1-5H3,(H2,19,20,21). The van der Waals surface area contributed by atoms with Crippen molar-refractivity contribution in [3.8, 4) is 0 Å². The molecular formula is C18H32N4OS. The lowest BCUT2D eigenvalue weighted by Gasteiger charge is -2.45. The van der Waals surface area contributed by atoms with Crippen molar-refractivity contribution in [1.29, 1.82) is 0 Å². The number of ether oxygens (including phenoxy) is 1. The molecule has 1 aliphatic heterocycles. The Hall–Kier alpha value is -1.11. The fraction of sp³-hybridized carbons (Fsp3) is 0.722. The monoisotopic (exact) mass is 352 g/mol. The van der Waals surface area contributed by atoms with E-state index in [2.05, 4.69) is 67.0 Å². The first-order valence-electron chi connectivity index (χ1n) is 8.84. The average molecular weight is 353 g/mol. The summed E-state index contributed by atoms with van der Waals surface area (Å²) in [6.07, 6.45) is 0.571. The maximum Gasteiger partial charge on any atom is 0.191 e. The van der Waals surface area contributed by atoms with Gasteiger partial charge in [0.05, 0.1) is 18.8 Å². The molecule has 1 aromatic rings. The van der Waals surface area contributed by atoms with Crippen LogP contribution in [-0.2, 0) is 11.3 Å². The first-order valence-corrected chi connectivity index (χ1v) is 9.78. The van der Waals surface area contributed by atoms with Gasteiger partial charge in [0, 0.05) is 31.7 Å².